The Bertz CT molecular complexity index is 1680. The van der Waals surface area contributed by atoms with Crippen LogP contribution in [-0.4, -0.2) is 59.2 Å². The molecule has 3 heterocycles. The van der Waals surface area contributed by atoms with Gasteiger partial charge in [0.25, 0.3) is 11.8 Å². The van der Waals surface area contributed by atoms with Crippen LogP contribution in [0.25, 0.3) is 0 Å². The second kappa shape index (κ2) is 15.2. The van der Waals surface area contributed by atoms with E-state index in [1.165, 1.54) is 30.6 Å². The monoisotopic (exact) mass is 622 g/mol. The molecule has 5 rings (SSSR count). The van der Waals surface area contributed by atoms with Gasteiger partial charge in [-0.05, 0) is 53.9 Å². The zero-order valence-corrected chi connectivity index (χ0v) is 25.3. The minimum Gasteiger partial charge on any atom is -0.378 e. The molecule has 0 bridgehead atoms. The van der Waals surface area contributed by atoms with Gasteiger partial charge >= 0.3 is 0 Å². The van der Waals surface area contributed by atoms with Crippen molar-refractivity contribution in [1.82, 2.24) is 25.5 Å². The third-order valence-corrected chi connectivity index (χ3v) is 7.79. The highest BCUT2D eigenvalue weighted by molar-refractivity contribution is 5.99. The fourth-order valence-corrected chi connectivity index (χ4v) is 5.21. The van der Waals surface area contributed by atoms with Gasteiger partial charge in [-0.2, -0.15) is 5.26 Å². The van der Waals surface area contributed by atoms with E-state index in [1.807, 2.05) is 30.3 Å². The number of pyridine rings is 2. The minimum absolute atomic E-state index is 0.0976. The number of amides is 2. The van der Waals surface area contributed by atoms with E-state index in [-0.39, 0.29) is 35.4 Å². The smallest absolute Gasteiger partial charge is 0.255 e. The maximum atomic E-state index is 13.3. The lowest BCUT2D eigenvalue weighted by Gasteiger charge is -2.39. The number of hydrogen-bond acceptors (Lipinski definition) is 9. The number of ether oxygens (including phenoxy) is 1. The van der Waals surface area contributed by atoms with Crippen molar-refractivity contribution in [2.75, 3.05) is 31.6 Å². The van der Waals surface area contributed by atoms with Crippen LogP contribution in [0.2, 0.25) is 0 Å². The van der Waals surface area contributed by atoms with Crippen LogP contribution < -0.4 is 21.7 Å². The van der Waals surface area contributed by atoms with Crippen LogP contribution in [0.1, 0.15) is 62.0 Å². The Hall–Kier alpha value is -5.22. The number of nitrogens with one attached hydrogen (secondary N) is 3. The van der Waals surface area contributed by atoms with E-state index < -0.39 is 18.1 Å². The molecule has 1 aliphatic rings. The zero-order chi connectivity index (χ0) is 32.5. The Morgan fingerprint density at radius 2 is 1.91 bits per heavy atom. The second-order valence-corrected chi connectivity index (χ2v) is 10.9. The molecule has 1 fully saturated rings. The molecular formula is C34H35FN8O3. The summed E-state index contributed by atoms with van der Waals surface area (Å²) in [7, 11) is 0. The van der Waals surface area contributed by atoms with Crippen molar-refractivity contribution in [1.29, 1.82) is 5.26 Å². The average molecular weight is 623 g/mol. The molecule has 5 N–H and O–H groups in total. The number of nitrogens with zero attached hydrogens (tertiary/aromatic N) is 4. The lowest BCUT2D eigenvalue weighted by Crippen LogP contribution is -2.54. The van der Waals surface area contributed by atoms with Gasteiger partial charge in [-0.1, -0.05) is 36.4 Å². The molecule has 1 saturated heterocycles. The van der Waals surface area contributed by atoms with Crippen LogP contribution in [0.15, 0.2) is 85.3 Å². The van der Waals surface area contributed by atoms with Crippen molar-refractivity contribution in [3.05, 3.63) is 125 Å². The van der Waals surface area contributed by atoms with Gasteiger partial charge in [-0.25, -0.2) is 9.37 Å². The third-order valence-electron chi connectivity index (χ3n) is 7.79. The molecule has 2 aromatic carbocycles. The van der Waals surface area contributed by atoms with Crippen LogP contribution in [0.5, 0.6) is 0 Å². The topological polar surface area (TPSA) is 158 Å². The summed E-state index contributed by atoms with van der Waals surface area (Å²) in [5, 5.41) is 18.4. The van der Waals surface area contributed by atoms with Crippen molar-refractivity contribution in [3.63, 3.8) is 0 Å². The van der Waals surface area contributed by atoms with Crippen molar-refractivity contribution >= 4 is 17.6 Å². The van der Waals surface area contributed by atoms with Crippen LogP contribution in [-0.2, 0) is 11.3 Å². The summed E-state index contributed by atoms with van der Waals surface area (Å²) in [4.78, 5) is 36.2. The maximum absolute atomic E-state index is 13.3. The molecule has 1 aliphatic heterocycles. The van der Waals surface area contributed by atoms with Gasteiger partial charge in [0.05, 0.1) is 48.2 Å². The number of carbonyl (C=O) groups excluding carboxylic acids is 2. The standard InChI is InChI=1S/C34H35FN8O3/c1-22(25-8-10-28(35)11-9-25)42-34(45)29-15-24(16-36)18-40-32(29)39-17-23-4-6-26(7-5-23)30-21-46-14-13-43(30)31(37)20-41-33(44)27-3-2-12-38-19-27/h2-12,15,18-19,22,30-31H,13-14,17,20-21,37H2,1H3,(H,39,40)(H,41,44)(H,42,45)/t22-,30+,31-/m0/s1. The minimum atomic E-state index is -0.423. The molecule has 2 aromatic heterocycles. The number of nitriles is 1. The van der Waals surface area contributed by atoms with E-state index in [4.69, 9.17) is 10.5 Å². The van der Waals surface area contributed by atoms with Crippen molar-refractivity contribution in [3.8, 4) is 6.07 Å². The summed E-state index contributed by atoms with van der Waals surface area (Å²) in [6.07, 6.45) is 4.11. The molecule has 0 saturated carbocycles. The number of aromatic nitrogens is 2. The Kier molecular flexibility index (Phi) is 10.6. The normalized spacial score (nSPS) is 16.1. The van der Waals surface area contributed by atoms with Crippen LogP contribution in [0.4, 0.5) is 10.2 Å². The molecule has 4 aromatic rings. The second-order valence-electron chi connectivity index (χ2n) is 10.9. The highest BCUT2D eigenvalue weighted by Gasteiger charge is 2.29. The Balaban J connectivity index is 1.22. The lowest BCUT2D eigenvalue weighted by molar-refractivity contribution is -0.0285. The molecule has 236 valence electrons. The number of carbonyl (C=O) groups is 2. The molecule has 2 amide bonds. The summed E-state index contributed by atoms with van der Waals surface area (Å²) >= 11 is 0. The van der Waals surface area contributed by atoms with Gasteiger partial charge in [0.15, 0.2) is 0 Å². The van der Waals surface area contributed by atoms with E-state index >= 15 is 0 Å². The lowest BCUT2D eigenvalue weighted by atomic mass is 10.0. The van der Waals surface area contributed by atoms with Crippen LogP contribution in [0.3, 0.4) is 0 Å². The Morgan fingerprint density at radius 3 is 2.63 bits per heavy atom. The van der Waals surface area contributed by atoms with Gasteiger partial charge in [0.2, 0.25) is 0 Å². The number of benzene rings is 2. The molecule has 0 unspecified atom stereocenters. The summed E-state index contributed by atoms with van der Waals surface area (Å²) in [6, 6.07) is 20.3. The molecular weight excluding hydrogens is 587 g/mol. The van der Waals surface area contributed by atoms with E-state index in [2.05, 4.69) is 30.8 Å². The number of halogens is 1. The van der Waals surface area contributed by atoms with Gasteiger partial charge < -0.3 is 26.4 Å². The quantitative estimate of drug-likeness (QED) is 0.196. The van der Waals surface area contributed by atoms with E-state index in [9.17, 15) is 19.2 Å². The first-order valence-electron chi connectivity index (χ1n) is 14.9. The number of nitrogens with two attached hydrogens (primary N) is 1. The number of hydrogen-bond donors (Lipinski definition) is 4. The number of morpholine rings is 1. The number of anilines is 1. The largest absolute Gasteiger partial charge is 0.378 e. The summed E-state index contributed by atoms with van der Waals surface area (Å²) in [5.74, 6) is -0.670. The molecule has 3 atom stereocenters. The highest BCUT2D eigenvalue weighted by atomic mass is 19.1. The van der Waals surface area contributed by atoms with E-state index in [0.29, 0.717) is 37.7 Å². The van der Waals surface area contributed by atoms with Gasteiger partial charge in [-0.15, -0.1) is 0 Å². The molecule has 0 aliphatic carbocycles. The van der Waals surface area contributed by atoms with E-state index in [0.717, 1.165) is 16.7 Å². The first kappa shape index (κ1) is 32.2. The van der Waals surface area contributed by atoms with Crippen LogP contribution >= 0.6 is 0 Å². The van der Waals surface area contributed by atoms with Gasteiger partial charge in [-0.3, -0.25) is 19.5 Å². The summed E-state index contributed by atoms with van der Waals surface area (Å²) < 4.78 is 19.1. The summed E-state index contributed by atoms with van der Waals surface area (Å²) in [6.45, 7) is 4.06. The fraction of sp³-hybridized carbons (Fsp3) is 0.265. The first-order valence-corrected chi connectivity index (χ1v) is 14.9. The van der Waals surface area contributed by atoms with Crippen molar-refractivity contribution in [2.24, 2.45) is 5.73 Å². The maximum Gasteiger partial charge on any atom is 0.255 e. The van der Waals surface area contributed by atoms with Gasteiger partial charge in [0, 0.05) is 38.2 Å². The average Bonchev–Trinajstić information content (AvgIpc) is 3.10. The molecule has 46 heavy (non-hydrogen) atoms. The molecule has 12 heteroatoms. The molecule has 0 radical (unpaired) electrons. The summed E-state index contributed by atoms with van der Waals surface area (Å²) in [5.41, 5.74) is 10.2. The Morgan fingerprint density at radius 1 is 1.13 bits per heavy atom. The zero-order valence-electron chi connectivity index (χ0n) is 25.3. The molecule has 0 spiro atoms. The predicted octanol–water partition coefficient (Wildman–Crippen LogP) is 3.68. The predicted molar refractivity (Wildman–Crippen MR) is 170 cm³/mol. The van der Waals surface area contributed by atoms with Crippen molar-refractivity contribution < 1.29 is 18.7 Å². The molecule has 11 nitrogen and oxygen atoms in total. The third kappa shape index (κ3) is 8.08. The van der Waals surface area contributed by atoms with Gasteiger partial charge in [0.1, 0.15) is 17.7 Å². The van der Waals surface area contributed by atoms with E-state index in [1.54, 1.807) is 37.4 Å². The number of rotatable bonds is 11. The first-order chi connectivity index (χ1) is 22.3. The Labute approximate surface area is 266 Å². The highest BCUT2D eigenvalue weighted by Crippen LogP contribution is 2.26. The van der Waals surface area contributed by atoms with Crippen LogP contribution in [0, 0.1) is 17.1 Å². The SMILES string of the molecule is C[C@H](NC(=O)c1cc(C#N)cnc1NCc1ccc([C@H]2COCCN2[C@H](N)CNC(=O)c2cccnc2)cc1)c1ccc(F)cc1. The van der Waals surface area contributed by atoms with Crippen molar-refractivity contribution in [2.45, 2.75) is 31.7 Å². The fourth-order valence-electron chi connectivity index (χ4n) is 5.21.